The Morgan fingerprint density at radius 3 is 2.58 bits per heavy atom. The summed E-state index contributed by atoms with van der Waals surface area (Å²) in [5.41, 5.74) is 2.83. The van der Waals surface area contributed by atoms with E-state index in [9.17, 15) is 19.7 Å². The van der Waals surface area contributed by atoms with Crippen molar-refractivity contribution in [3.8, 4) is 5.75 Å². The van der Waals surface area contributed by atoms with Crippen LogP contribution >= 0.6 is 0 Å². The number of nitrogens with zero attached hydrogens (tertiary/aromatic N) is 2. The Balaban J connectivity index is 1.84. The van der Waals surface area contributed by atoms with Crippen LogP contribution in [0.2, 0.25) is 0 Å². The van der Waals surface area contributed by atoms with Gasteiger partial charge >= 0.3 is 0 Å². The minimum Gasteiger partial charge on any atom is -0.484 e. The fourth-order valence-corrected chi connectivity index (χ4v) is 2.57. The van der Waals surface area contributed by atoms with Crippen molar-refractivity contribution in [3.05, 3.63) is 34.4 Å². The lowest BCUT2D eigenvalue weighted by molar-refractivity contribution is -0.384. The second-order valence-electron chi connectivity index (χ2n) is 6.49. The molecule has 8 nitrogen and oxygen atoms in total. The van der Waals surface area contributed by atoms with Crippen LogP contribution in [0.15, 0.2) is 29.4 Å². The first-order chi connectivity index (χ1) is 11.2. The molecule has 2 rings (SSSR count). The van der Waals surface area contributed by atoms with E-state index in [1.165, 1.54) is 24.3 Å². The summed E-state index contributed by atoms with van der Waals surface area (Å²) in [5.74, 6) is -0.00422. The van der Waals surface area contributed by atoms with Crippen LogP contribution in [0, 0.1) is 15.5 Å². The summed E-state index contributed by atoms with van der Waals surface area (Å²) in [4.78, 5) is 33.4. The predicted molar refractivity (Wildman–Crippen MR) is 86.8 cm³/mol. The van der Waals surface area contributed by atoms with Gasteiger partial charge in [-0.3, -0.25) is 19.7 Å². The van der Waals surface area contributed by atoms with Crippen molar-refractivity contribution in [1.29, 1.82) is 0 Å². The topological polar surface area (TPSA) is 111 Å². The van der Waals surface area contributed by atoms with Crippen LogP contribution in [-0.2, 0) is 9.59 Å². The van der Waals surface area contributed by atoms with Gasteiger partial charge in [0.2, 0.25) is 0 Å². The lowest BCUT2D eigenvalue weighted by Crippen LogP contribution is -2.32. The molecule has 0 unspecified atom stereocenters. The van der Waals surface area contributed by atoms with Gasteiger partial charge in [-0.2, -0.15) is 5.10 Å². The zero-order chi connectivity index (χ0) is 17.7. The zero-order valence-corrected chi connectivity index (χ0v) is 13.6. The maximum Gasteiger partial charge on any atom is 0.277 e. The van der Waals surface area contributed by atoms with Gasteiger partial charge in [-0.1, -0.05) is 13.8 Å². The Morgan fingerprint density at radius 1 is 1.33 bits per heavy atom. The molecule has 0 atom stereocenters. The van der Waals surface area contributed by atoms with Crippen LogP contribution in [0.5, 0.6) is 5.75 Å². The van der Waals surface area contributed by atoms with Crippen molar-refractivity contribution in [3.63, 3.8) is 0 Å². The number of carbonyl (C=O) groups excluding carboxylic acids is 2. The average Bonchev–Trinajstić information content (AvgIpc) is 2.49. The molecule has 1 amide bonds. The third kappa shape index (κ3) is 5.15. The molecule has 0 radical (unpaired) electrons. The number of ether oxygens (including phenoxy) is 1. The van der Waals surface area contributed by atoms with E-state index < -0.39 is 10.8 Å². The van der Waals surface area contributed by atoms with E-state index in [-0.39, 0.29) is 29.9 Å². The summed E-state index contributed by atoms with van der Waals surface area (Å²) in [6, 6.07) is 5.42. The standard InChI is InChI=1S/C16H19N3O5/c1-16(2)8-11(7-13(20)9-16)17-18-15(21)10-24-14-5-3-12(4-6-14)19(22)23/h3-6H,7-10H2,1-2H3,(H,18,21)/b17-11-. The molecule has 1 N–H and O–H groups in total. The highest BCUT2D eigenvalue weighted by Crippen LogP contribution is 2.31. The molecule has 0 heterocycles. The number of carbonyl (C=O) groups is 2. The van der Waals surface area contributed by atoms with Crippen molar-refractivity contribution in [2.24, 2.45) is 10.5 Å². The number of non-ortho nitro benzene ring substituents is 1. The Bertz CT molecular complexity index is 679. The Hall–Kier alpha value is -2.77. The molecule has 1 fully saturated rings. The quantitative estimate of drug-likeness (QED) is 0.656. The second kappa shape index (κ2) is 7.20. The number of hydrogen-bond donors (Lipinski definition) is 1. The van der Waals surface area contributed by atoms with Crippen LogP contribution in [-0.4, -0.2) is 28.9 Å². The number of nitro groups is 1. The molecular formula is C16H19N3O5. The maximum atomic E-state index is 11.7. The van der Waals surface area contributed by atoms with Gasteiger partial charge in [-0.05, 0) is 24.0 Å². The molecular weight excluding hydrogens is 314 g/mol. The molecule has 1 aliphatic carbocycles. The van der Waals surface area contributed by atoms with E-state index in [1.54, 1.807) is 0 Å². The van der Waals surface area contributed by atoms with E-state index in [1.807, 2.05) is 13.8 Å². The van der Waals surface area contributed by atoms with E-state index in [0.717, 1.165) is 0 Å². The van der Waals surface area contributed by atoms with Gasteiger partial charge in [0.05, 0.1) is 4.92 Å². The number of Topliss-reactive ketones (excluding diaryl/α,β-unsaturated/α-hetero) is 1. The van der Waals surface area contributed by atoms with Crippen LogP contribution in [0.25, 0.3) is 0 Å². The van der Waals surface area contributed by atoms with Gasteiger partial charge < -0.3 is 4.74 Å². The second-order valence-corrected chi connectivity index (χ2v) is 6.49. The summed E-state index contributed by atoms with van der Waals surface area (Å²) in [5, 5.41) is 14.6. The van der Waals surface area contributed by atoms with Gasteiger partial charge in [-0.15, -0.1) is 0 Å². The largest absolute Gasteiger partial charge is 0.484 e. The van der Waals surface area contributed by atoms with Crippen LogP contribution in [0.3, 0.4) is 0 Å². The number of amides is 1. The van der Waals surface area contributed by atoms with Crippen molar-refractivity contribution >= 4 is 23.1 Å². The minimum absolute atomic E-state index is 0.0530. The van der Waals surface area contributed by atoms with Gasteiger partial charge in [0.1, 0.15) is 11.5 Å². The molecule has 8 heteroatoms. The van der Waals surface area contributed by atoms with Gasteiger partial charge in [0.25, 0.3) is 11.6 Å². The summed E-state index contributed by atoms with van der Waals surface area (Å²) in [6.45, 7) is 3.70. The average molecular weight is 333 g/mol. The number of benzene rings is 1. The molecule has 0 aliphatic heterocycles. The fourth-order valence-electron chi connectivity index (χ4n) is 2.57. The number of ketones is 1. The number of nitro benzene ring substituents is 1. The molecule has 24 heavy (non-hydrogen) atoms. The Kier molecular flexibility index (Phi) is 5.28. The lowest BCUT2D eigenvalue weighted by Gasteiger charge is -2.28. The fraction of sp³-hybridized carbons (Fsp3) is 0.438. The molecule has 0 aromatic heterocycles. The summed E-state index contributed by atoms with van der Waals surface area (Å²) < 4.78 is 5.23. The molecule has 0 bridgehead atoms. The highest BCUT2D eigenvalue weighted by molar-refractivity contribution is 6.05. The van der Waals surface area contributed by atoms with E-state index in [2.05, 4.69) is 10.5 Å². The highest BCUT2D eigenvalue weighted by atomic mass is 16.6. The predicted octanol–water partition coefficient (Wildman–Crippen LogP) is 2.22. The van der Waals surface area contributed by atoms with Crippen LogP contribution < -0.4 is 10.2 Å². The number of rotatable bonds is 5. The SMILES string of the molecule is CC1(C)CC(=O)C/C(=N/NC(=O)COc2ccc([N+](=O)[O-])cc2)C1. The van der Waals surface area contributed by atoms with E-state index in [0.29, 0.717) is 24.3 Å². The Labute approximate surface area is 139 Å². The molecule has 1 aromatic rings. The normalized spacial score (nSPS) is 18.2. The van der Waals surface area contributed by atoms with Crippen molar-refractivity contribution in [2.75, 3.05) is 6.61 Å². The van der Waals surface area contributed by atoms with Gasteiger partial charge in [0.15, 0.2) is 6.61 Å². The molecule has 1 saturated carbocycles. The van der Waals surface area contributed by atoms with Crippen molar-refractivity contribution in [1.82, 2.24) is 5.43 Å². The highest BCUT2D eigenvalue weighted by Gasteiger charge is 2.30. The van der Waals surface area contributed by atoms with Crippen molar-refractivity contribution in [2.45, 2.75) is 33.1 Å². The molecule has 0 spiro atoms. The third-order valence-corrected chi connectivity index (χ3v) is 3.52. The minimum atomic E-state index is -0.514. The smallest absolute Gasteiger partial charge is 0.277 e. The maximum absolute atomic E-state index is 11.7. The zero-order valence-electron chi connectivity index (χ0n) is 13.6. The summed E-state index contributed by atoms with van der Waals surface area (Å²) in [6.07, 6.45) is 1.43. The monoisotopic (exact) mass is 333 g/mol. The third-order valence-electron chi connectivity index (χ3n) is 3.52. The van der Waals surface area contributed by atoms with Crippen molar-refractivity contribution < 1.29 is 19.2 Å². The van der Waals surface area contributed by atoms with E-state index >= 15 is 0 Å². The first-order valence-electron chi connectivity index (χ1n) is 7.48. The first kappa shape index (κ1) is 17.6. The molecule has 0 saturated heterocycles. The molecule has 1 aliphatic rings. The number of nitrogens with one attached hydrogen (secondary N) is 1. The van der Waals surface area contributed by atoms with Crippen LogP contribution in [0.4, 0.5) is 5.69 Å². The molecule has 1 aromatic carbocycles. The van der Waals surface area contributed by atoms with Crippen LogP contribution in [0.1, 0.15) is 33.1 Å². The number of hydrazone groups is 1. The van der Waals surface area contributed by atoms with Gasteiger partial charge in [0, 0.05) is 30.7 Å². The first-order valence-corrected chi connectivity index (χ1v) is 7.48. The lowest BCUT2D eigenvalue weighted by atomic mass is 9.76. The summed E-state index contributed by atoms with van der Waals surface area (Å²) in [7, 11) is 0. The van der Waals surface area contributed by atoms with E-state index in [4.69, 9.17) is 4.74 Å². The number of hydrogen-bond acceptors (Lipinski definition) is 6. The summed E-state index contributed by atoms with van der Waals surface area (Å²) >= 11 is 0. The Morgan fingerprint density at radius 2 is 2.00 bits per heavy atom. The molecule has 128 valence electrons. The van der Waals surface area contributed by atoms with Gasteiger partial charge in [-0.25, -0.2) is 5.43 Å².